The van der Waals surface area contributed by atoms with Gasteiger partial charge in [0.05, 0.1) is 15.9 Å². The van der Waals surface area contributed by atoms with Crippen LogP contribution in [-0.4, -0.2) is 11.0 Å². The van der Waals surface area contributed by atoms with Gasteiger partial charge in [0.2, 0.25) is 0 Å². The molecule has 16 heavy (non-hydrogen) atoms. The van der Waals surface area contributed by atoms with E-state index in [1.54, 1.807) is 6.92 Å². The van der Waals surface area contributed by atoms with Gasteiger partial charge in [-0.05, 0) is 12.5 Å². The molecular weight excluding hydrogens is 249 g/mol. The van der Waals surface area contributed by atoms with Crippen LogP contribution in [0.1, 0.15) is 15.5 Å². The molecule has 1 aromatic carbocycles. The number of thiazole rings is 1. The van der Waals surface area contributed by atoms with E-state index in [1.165, 1.54) is 11.3 Å². The van der Waals surface area contributed by atoms with Gasteiger partial charge in [0, 0.05) is 0 Å². The van der Waals surface area contributed by atoms with Gasteiger partial charge in [-0.2, -0.15) is 0 Å². The van der Waals surface area contributed by atoms with Crippen molar-refractivity contribution in [2.45, 2.75) is 6.92 Å². The van der Waals surface area contributed by atoms with Crippen LogP contribution in [-0.2, 0) is 0 Å². The van der Waals surface area contributed by atoms with Crippen molar-refractivity contribution in [2.24, 2.45) is 0 Å². The fourth-order valence-electron chi connectivity index (χ4n) is 1.35. The number of nitrogens with zero attached hydrogens (tertiary/aromatic N) is 1. The second-order valence-electron chi connectivity index (χ2n) is 3.06. The molecule has 3 nitrogen and oxygen atoms in total. The Morgan fingerprint density at radius 1 is 1.31 bits per heavy atom. The van der Waals surface area contributed by atoms with Gasteiger partial charge in [-0.1, -0.05) is 30.3 Å². The van der Waals surface area contributed by atoms with Crippen LogP contribution < -0.4 is 56.5 Å². The minimum Gasteiger partial charge on any atom is -0.543 e. The molecule has 1 aromatic heterocycles. The largest absolute Gasteiger partial charge is 1.00 e. The third kappa shape index (κ3) is 3.00. The maximum absolute atomic E-state index is 10.8. The summed E-state index contributed by atoms with van der Waals surface area (Å²) in [6.45, 7) is 1.78. The molecule has 0 bridgehead atoms. The number of aryl methyl sites for hydroxylation is 1. The molecule has 2 aromatic rings. The SMILES string of the molecule is Cc1nc(C(=O)[O-])c(-c2ccccc2)s1.[K+]. The Kier molecular flexibility index (Phi) is 5.29. The van der Waals surface area contributed by atoms with Crippen molar-refractivity contribution in [2.75, 3.05) is 0 Å². The molecule has 0 radical (unpaired) electrons. The number of rotatable bonds is 2. The number of carbonyl (C=O) groups is 1. The van der Waals surface area contributed by atoms with E-state index >= 15 is 0 Å². The van der Waals surface area contributed by atoms with Crippen molar-refractivity contribution in [1.29, 1.82) is 0 Å². The number of hydrogen-bond acceptors (Lipinski definition) is 4. The van der Waals surface area contributed by atoms with Gasteiger partial charge in [-0.3, -0.25) is 0 Å². The van der Waals surface area contributed by atoms with E-state index in [4.69, 9.17) is 0 Å². The Balaban J connectivity index is 0.00000128. The monoisotopic (exact) mass is 257 g/mol. The van der Waals surface area contributed by atoms with Crippen molar-refractivity contribution in [3.05, 3.63) is 41.0 Å². The summed E-state index contributed by atoms with van der Waals surface area (Å²) in [6, 6.07) is 9.34. The van der Waals surface area contributed by atoms with Gasteiger partial charge in [-0.15, -0.1) is 11.3 Å². The summed E-state index contributed by atoms with van der Waals surface area (Å²) in [6.07, 6.45) is 0. The molecule has 0 amide bonds. The molecule has 2 rings (SSSR count). The van der Waals surface area contributed by atoms with Crippen molar-refractivity contribution in [3.63, 3.8) is 0 Å². The number of benzene rings is 1. The zero-order valence-corrected chi connectivity index (χ0v) is 13.0. The van der Waals surface area contributed by atoms with E-state index in [0.29, 0.717) is 4.88 Å². The van der Waals surface area contributed by atoms with Crippen LogP contribution >= 0.6 is 11.3 Å². The van der Waals surface area contributed by atoms with E-state index in [1.807, 2.05) is 30.3 Å². The topological polar surface area (TPSA) is 53.0 Å². The molecule has 0 unspecified atom stereocenters. The Bertz CT molecular complexity index is 496. The fourth-order valence-corrected chi connectivity index (χ4v) is 2.26. The summed E-state index contributed by atoms with van der Waals surface area (Å²) in [5, 5.41) is 11.6. The molecule has 0 saturated heterocycles. The quantitative estimate of drug-likeness (QED) is 0.614. The first-order valence-electron chi connectivity index (χ1n) is 4.42. The summed E-state index contributed by atoms with van der Waals surface area (Å²) in [5.41, 5.74) is 0.894. The van der Waals surface area contributed by atoms with Crippen LogP contribution in [0.25, 0.3) is 10.4 Å². The Labute approximate surface area is 140 Å². The van der Waals surface area contributed by atoms with Crippen LogP contribution in [0.4, 0.5) is 0 Å². The first-order valence-corrected chi connectivity index (χ1v) is 5.24. The Morgan fingerprint density at radius 2 is 1.94 bits per heavy atom. The van der Waals surface area contributed by atoms with E-state index in [0.717, 1.165) is 10.6 Å². The van der Waals surface area contributed by atoms with E-state index in [2.05, 4.69) is 4.98 Å². The molecule has 0 atom stereocenters. The van der Waals surface area contributed by atoms with E-state index in [-0.39, 0.29) is 57.1 Å². The summed E-state index contributed by atoms with van der Waals surface area (Å²) >= 11 is 1.36. The smallest absolute Gasteiger partial charge is 0.543 e. The van der Waals surface area contributed by atoms with Crippen LogP contribution in [0.5, 0.6) is 0 Å². The Morgan fingerprint density at radius 3 is 2.50 bits per heavy atom. The predicted molar refractivity (Wildman–Crippen MR) is 56.6 cm³/mol. The van der Waals surface area contributed by atoms with Crippen molar-refractivity contribution in [1.82, 2.24) is 4.98 Å². The van der Waals surface area contributed by atoms with Crippen molar-refractivity contribution < 1.29 is 61.3 Å². The second-order valence-corrected chi connectivity index (χ2v) is 4.27. The summed E-state index contributed by atoms with van der Waals surface area (Å²) in [7, 11) is 0. The van der Waals surface area contributed by atoms with Crippen LogP contribution in [0, 0.1) is 6.92 Å². The van der Waals surface area contributed by atoms with Crippen LogP contribution in [0.2, 0.25) is 0 Å². The molecule has 0 spiro atoms. The molecule has 0 aliphatic rings. The maximum atomic E-state index is 10.8. The molecule has 76 valence electrons. The van der Waals surface area contributed by atoms with Gasteiger partial charge in [0.1, 0.15) is 5.69 Å². The standard InChI is InChI=1S/C11H9NO2S.K/c1-7-12-9(11(13)14)10(15-7)8-5-3-2-4-6-8;/h2-6H,1H3,(H,13,14);/q;+1/p-1. The average molecular weight is 257 g/mol. The van der Waals surface area contributed by atoms with Crippen molar-refractivity contribution in [3.8, 4) is 10.4 Å². The third-order valence-electron chi connectivity index (χ3n) is 1.96. The van der Waals surface area contributed by atoms with Crippen molar-refractivity contribution >= 4 is 17.3 Å². The average Bonchev–Trinajstić information content (AvgIpc) is 2.62. The summed E-state index contributed by atoms with van der Waals surface area (Å²) in [5.74, 6) is -1.22. The zero-order chi connectivity index (χ0) is 10.8. The first-order chi connectivity index (χ1) is 7.18. The maximum Gasteiger partial charge on any atom is 1.00 e. The summed E-state index contributed by atoms with van der Waals surface area (Å²) < 4.78 is 0. The van der Waals surface area contributed by atoms with E-state index in [9.17, 15) is 9.90 Å². The number of aromatic carboxylic acids is 1. The number of aromatic nitrogens is 1. The third-order valence-corrected chi connectivity index (χ3v) is 2.98. The minimum atomic E-state index is -1.22. The first kappa shape index (κ1) is 14.0. The number of carboxylic acids is 1. The van der Waals surface area contributed by atoms with Gasteiger partial charge in [-0.25, -0.2) is 4.98 Å². The molecule has 0 aliphatic heterocycles. The minimum absolute atomic E-state index is 0. The molecule has 0 fully saturated rings. The molecular formula is C11H8KNO2S. The fraction of sp³-hybridized carbons (Fsp3) is 0.0909. The molecule has 0 N–H and O–H groups in total. The Hall–Kier alpha value is -0.0436. The van der Waals surface area contributed by atoms with Gasteiger partial charge < -0.3 is 9.90 Å². The van der Waals surface area contributed by atoms with Crippen LogP contribution in [0.15, 0.2) is 30.3 Å². The number of carboxylic acid groups (broad SMARTS) is 1. The molecule has 0 aliphatic carbocycles. The van der Waals surface area contributed by atoms with Gasteiger partial charge in [0.15, 0.2) is 0 Å². The second kappa shape index (κ2) is 6.04. The normalized spacial score (nSPS) is 9.56. The molecule has 0 saturated carbocycles. The molecule has 1 heterocycles. The van der Waals surface area contributed by atoms with E-state index < -0.39 is 5.97 Å². The number of hydrogen-bond donors (Lipinski definition) is 0. The summed E-state index contributed by atoms with van der Waals surface area (Å²) in [4.78, 5) is 15.4. The predicted octanol–water partition coefficient (Wildman–Crippen LogP) is -1.51. The van der Waals surface area contributed by atoms with Crippen LogP contribution in [0.3, 0.4) is 0 Å². The molecule has 5 heteroatoms. The van der Waals surface area contributed by atoms with Gasteiger partial charge >= 0.3 is 51.4 Å². The number of carbonyl (C=O) groups excluding carboxylic acids is 1. The van der Waals surface area contributed by atoms with Gasteiger partial charge in [0.25, 0.3) is 0 Å². The zero-order valence-electron chi connectivity index (χ0n) is 9.06.